The molecule has 5 nitrogen and oxygen atoms in total. The van der Waals surface area contributed by atoms with E-state index >= 15 is 0 Å². The van der Waals surface area contributed by atoms with Crippen LogP contribution in [0.25, 0.3) is 0 Å². The third kappa shape index (κ3) is 1.93. The van der Waals surface area contributed by atoms with E-state index in [1.165, 1.54) is 0 Å². The molecule has 2 aliphatic rings. The van der Waals surface area contributed by atoms with Crippen LogP contribution in [0.3, 0.4) is 0 Å². The Balaban J connectivity index is 1.77. The highest BCUT2D eigenvalue weighted by atomic mass is 16.5. The summed E-state index contributed by atoms with van der Waals surface area (Å²) in [5.41, 5.74) is 2.63. The van der Waals surface area contributed by atoms with E-state index in [0.717, 1.165) is 30.2 Å². The second kappa shape index (κ2) is 4.77. The van der Waals surface area contributed by atoms with E-state index in [4.69, 9.17) is 4.74 Å². The van der Waals surface area contributed by atoms with Crippen LogP contribution in [0.15, 0.2) is 42.7 Å². The first-order chi connectivity index (χ1) is 10.3. The fraction of sp³-hybridized carbons (Fsp3) is 0.250. The number of para-hydroxylation sites is 1. The minimum absolute atomic E-state index is 0.0102. The van der Waals surface area contributed by atoms with Gasteiger partial charge < -0.3 is 14.5 Å². The summed E-state index contributed by atoms with van der Waals surface area (Å²) in [7, 11) is 0. The second-order valence-corrected chi connectivity index (χ2v) is 5.15. The summed E-state index contributed by atoms with van der Waals surface area (Å²) in [5.74, 6) is 0.877. The quantitative estimate of drug-likeness (QED) is 0.801. The number of anilines is 2. The van der Waals surface area contributed by atoms with Crippen molar-refractivity contribution in [3.8, 4) is 5.75 Å². The highest BCUT2D eigenvalue weighted by molar-refractivity contribution is 6.08. The summed E-state index contributed by atoms with van der Waals surface area (Å²) in [6, 6.07) is 9.39. The van der Waals surface area contributed by atoms with Crippen LogP contribution in [0.5, 0.6) is 5.75 Å². The summed E-state index contributed by atoms with van der Waals surface area (Å²) in [6.07, 6.45) is 3.29. The van der Waals surface area contributed by atoms with Gasteiger partial charge >= 0.3 is 0 Å². The number of amides is 1. The van der Waals surface area contributed by atoms with Crippen molar-refractivity contribution in [2.45, 2.75) is 0 Å². The van der Waals surface area contributed by atoms with Crippen molar-refractivity contribution < 1.29 is 9.53 Å². The minimum Gasteiger partial charge on any atom is -0.489 e. The first kappa shape index (κ1) is 12.2. The zero-order valence-corrected chi connectivity index (χ0v) is 11.5. The van der Waals surface area contributed by atoms with Gasteiger partial charge in [-0.05, 0) is 24.3 Å². The molecule has 0 unspecified atom stereocenters. The number of carbonyl (C=O) groups excluding carboxylic acids is 1. The molecule has 0 bridgehead atoms. The predicted molar refractivity (Wildman–Crippen MR) is 80.1 cm³/mol. The van der Waals surface area contributed by atoms with E-state index in [-0.39, 0.29) is 5.91 Å². The predicted octanol–water partition coefficient (Wildman–Crippen LogP) is 1.94. The van der Waals surface area contributed by atoms with Gasteiger partial charge in [-0.15, -0.1) is 0 Å². The SMILES string of the molecule is O=C(c1ccncc1)N1CCN2CCOc3cccc1c32. The molecular weight excluding hydrogens is 266 g/mol. The van der Waals surface area contributed by atoms with Gasteiger partial charge in [-0.2, -0.15) is 0 Å². The summed E-state index contributed by atoms with van der Waals surface area (Å²) in [6.45, 7) is 3.11. The lowest BCUT2D eigenvalue weighted by Crippen LogP contribution is -2.47. The summed E-state index contributed by atoms with van der Waals surface area (Å²) in [5, 5.41) is 0. The van der Waals surface area contributed by atoms with Crippen molar-refractivity contribution in [3.05, 3.63) is 48.3 Å². The highest BCUT2D eigenvalue weighted by Gasteiger charge is 2.31. The maximum Gasteiger partial charge on any atom is 0.258 e. The number of benzene rings is 1. The largest absolute Gasteiger partial charge is 0.489 e. The molecule has 5 heteroatoms. The maximum absolute atomic E-state index is 12.7. The van der Waals surface area contributed by atoms with Gasteiger partial charge in [-0.1, -0.05) is 6.07 Å². The maximum atomic E-state index is 12.7. The van der Waals surface area contributed by atoms with E-state index in [2.05, 4.69) is 9.88 Å². The number of aromatic nitrogens is 1. The molecular formula is C16H15N3O2. The van der Waals surface area contributed by atoms with E-state index in [1.54, 1.807) is 24.5 Å². The van der Waals surface area contributed by atoms with Gasteiger partial charge in [-0.25, -0.2) is 0 Å². The summed E-state index contributed by atoms with van der Waals surface area (Å²) >= 11 is 0. The zero-order valence-electron chi connectivity index (χ0n) is 11.5. The lowest BCUT2D eigenvalue weighted by molar-refractivity contribution is 0.0986. The van der Waals surface area contributed by atoms with Crippen LogP contribution < -0.4 is 14.5 Å². The zero-order chi connectivity index (χ0) is 14.2. The van der Waals surface area contributed by atoms with Gasteiger partial charge in [0.2, 0.25) is 0 Å². The Labute approximate surface area is 122 Å². The third-order valence-electron chi connectivity index (χ3n) is 3.97. The Hall–Kier alpha value is -2.56. The van der Waals surface area contributed by atoms with Crippen molar-refractivity contribution in [1.82, 2.24) is 4.98 Å². The van der Waals surface area contributed by atoms with Crippen LogP contribution >= 0.6 is 0 Å². The number of nitrogens with zero attached hydrogens (tertiary/aromatic N) is 3. The van der Waals surface area contributed by atoms with E-state index in [0.29, 0.717) is 18.7 Å². The average Bonchev–Trinajstić information content (AvgIpc) is 2.56. The number of ether oxygens (including phenoxy) is 1. The Bertz CT molecular complexity index is 687. The minimum atomic E-state index is 0.0102. The molecule has 0 atom stereocenters. The summed E-state index contributed by atoms with van der Waals surface area (Å²) < 4.78 is 5.71. The van der Waals surface area contributed by atoms with Crippen molar-refractivity contribution in [2.24, 2.45) is 0 Å². The normalized spacial score (nSPS) is 16.2. The molecule has 1 amide bonds. The molecule has 0 N–H and O–H groups in total. The molecule has 0 saturated heterocycles. The molecule has 0 spiro atoms. The lowest BCUT2D eigenvalue weighted by Gasteiger charge is -2.40. The number of pyridine rings is 1. The van der Waals surface area contributed by atoms with Gasteiger partial charge in [0.15, 0.2) is 0 Å². The first-order valence-electron chi connectivity index (χ1n) is 7.07. The van der Waals surface area contributed by atoms with Gasteiger partial charge in [0.05, 0.1) is 12.2 Å². The molecule has 0 saturated carbocycles. The molecule has 4 rings (SSSR count). The fourth-order valence-electron chi connectivity index (χ4n) is 2.97. The molecule has 2 aliphatic heterocycles. The Morgan fingerprint density at radius 2 is 1.95 bits per heavy atom. The Kier molecular flexibility index (Phi) is 2.77. The molecule has 0 aliphatic carbocycles. The Morgan fingerprint density at radius 1 is 1.10 bits per heavy atom. The van der Waals surface area contributed by atoms with Crippen molar-refractivity contribution in [2.75, 3.05) is 36.0 Å². The van der Waals surface area contributed by atoms with Crippen LogP contribution in [0.1, 0.15) is 10.4 Å². The van der Waals surface area contributed by atoms with Gasteiger partial charge in [0.1, 0.15) is 18.0 Å². The molecule has 106 valence electrons. The number of hydrogen-bond donors (Lipinski definition) is 0. The van der Waals surface area contributed by atoms with Gasteiger partial charge in [0.25, 0.3) is 5.91 Å². The van der Waals surface area contributed by atoms with E-state index < -0.39 is 0 Å². The summed E-state index contributed by atoms with van der Waals surface area (Å²) in [4.78, 5) is 20.8. The van der Waals surface area contributed by atoms with Crippen LogP contribution in [-0.4, -0.2) is 37.1 Å². The first-order valence-corrected chi connectivity index (χ1v) is 7.07. The fourth-order valence-corrected chi connectivity index (χ4v) is 2.97. The van der Waals surface area contributed by atoms with Crippen LogP contribution in [0.2, 0.25) is 0 Å². The van der Waals surface area contributed by atoms with Gasteiger partial charge in [-0.3, -0.25) is 9.78 Å². The molecule has 0 radical (unpaired) electrons. The lowest BCUT2D eigenvalue weighted by atomic mass is 10.1. The molecule has 0 fully saturated rings. The van der Waals surface area contributed by atoms with Gasteiger partial charge in [0, 0.05) is 31.0 Å². The van der Waals surface area contributed by atoms with Crippen LogP contribution in [0, 0.1) is 0 Å². The number of carbonyl (C=O) groups is 1. The standard InChI is InChI=1S/C16H15N3O2/c20-16(12-4-6-17-7-5-12)19-9-8-18-10-11-21-14-3-1-2-13(19)15(14)18/h1-7H,8-11H2. The molecule has 1 aromatic carbocycles. The number of rotatable bonds is 1. The highest BCUT2D eigenvalue weighted by Crippen LogP contribution is 2.42. The Morgan fingerprint density at radius 3 is 2.81 bits per heavy atom. The van der Waals surface area contributed by atoms with E-state index in [1.807, 2.05) is 23.1 Å². The van der Waals surface area contributed by atoms with E-state index in [9.17, 15) is 4.79 Å². The smallest absolute Gasteiger partial charge is 0.258 e. The number of hydrogen-bond acceptors (Lipinski definition) is 4. The van der Waals surface area contributed by atoms with Crippen LogP contribution in [-0.2, 0) is 0 Å². The second-order valence-electron chi connectivity index (χ2n) is 5.15. The van der Waals surface area contributed by atoms with Crippen molar-refractivity contribution in [3.63, 3.8) is 0 Å². The third-order valence-corrected chi connectivity index (χ3v) is 3.97. The van der Waals surface area contributed by atoms with Crippen molar-refractivity contribution >= 4 is 17.3 Å². The monoisotopic (exact) mass is 281 g/mol. The molecule has 21 heavy (non-hydrogen) atoms. The molecule has 3 heterocycles. The van der Waals surface area contributed by atoms with Crippen molar-refractivity contribution in [1.29, 1.82) is 0 Å². The van der Waals surface area contributed by atoms with Crippen LogP contribution in [0.4, 0.5) is 11.4 Å². The average molecular weight is 281 g/mol. The molecule has 1 aromatic heterocycles. The topological polar surface area (TPSA) is 45.7 Å². The molecule has 2 aromatic rings.